The van der Waals surface area contributed by atoms with Crippen molar-refractivity contribution in [3.8, 4) is 0 Å². The van der Waals surface area contributed by atoms with Crippen LogP contribution in [0.1, 0.15) is 70.4 Å². The van der Waals surface area contributed by atoms with Crippen molar-refractivity contribution < 1.29 is 21.6 Å². The lowest BCUT2D eigenvalue weighted by molar-refractivity contribution is 0.0985. The first-order valence-electron chi connectivity index (χ1n) is 10.5. The quantitative estimate of drug-likeness (QED) is 0.518. The highest BCUT2D eigenvalue weighted by molar-refractivity contribution is 7.90. The molecule has 0 fully saturated rings. The van der Waals surface area contributed by atoms with Crippen molar-refractivity contribution >= 4 is 37.3 Å². The maximum absolute atomic E-state index is 12.6. The summed E-state index contributed by atoms with van der Waals surface area (Å²) in [4.78, 5) is 14.0. The summed E-state index contributed by atoms with van der Waals surface area (Å²) in [7, 11) is -6.93. The molecular weight excluding hydrogens is 468 g/mol. The Hall–Kier alpha value is -1.75. The highest BCUT2D eigenvalue weighted by Gasteiger charge is 2.34. The fourth-order valence-corrected chi connectivity index (χ4v) is 6.19. The van der Waals surface area contributed by atoms with Gasteiger partial charge in [0.2, 0.25) is 20.0 Å². The normalized spacial score (nSPS) is 12.7. The minimum Gasteiger partial charge on any atom is -0.267 e. The molecule has 0 saturated carbocycles. The summed E-state index contributed by atoms with van der Waals surface area (Å²) in [5, 5.41) is 0. The van der Waals surface area contributed by atoms with Crippen molar-refractivity contribution in [1.82, 2.24) is 9.44 Å². The summed E-state index contributed by atoms with van der Waals surface area (Å²) in [6.45, 7) is 9.66. The maximum Gasteiger partial charge on any atom is 0.275 e. The SMILES string of the molecule is CCC(CC)(c1ccc(CNS(C)(=O)=O)c(C)c1)c1cc(C)c(C(=O)NS(=O)(=O)CC)s1. The number of hydrogen-bond acceptors (Lipinski definition) is 6. The monoisotopic (exact) mass is 500 g/mol. The van der Waals surface area contributed by atoms with Crippen molar-refractivity contribution in [2.75, 3.05) is 12.0 Å². The van der Waals surface area contributed by atoms with E-state index in [0.717, 1.165) is 46.2 Å². The Bertz CT molecular complexity index is 1190. The number of thiophene rings is 1. The number of hydrogen-bond donors (Lipinski definition) is 2. The minimum atomic E-state index is -3.64. The number of carbonyl (C=O) groups is 1. The summed E-state index contributed by atoms with van der Waals surface area (Å²) >= 11 is 1.33. The van der Waals surface area contributed by atoms with Crippen LogP contribution >= 0.6 is 11.3 Å². The first kappa shape index (κ1) is 26.5. The van der Waals surface area contributed by atoms with Gasteiger partial charge in [0.1, 0.15) is 0 Å². The second-order valence-corrected chi connectivity index (χ2v) is 12.9. The number of aryl methyl sites for hydroxylation is 2. The topological polar surface area (TPSA) is 109 Å². The van der Waals surface area contributed by atoms with E-state index in [-0.39, 0.29) is 17.7 Å². The molecule has 1 aromatic carbocycles. The molecule has 1 heterocycles. The van der Waals surface area contributed by atoms with Gasteiger partial charge in [0.25, 0.3) is 5.91 Å². The molecule has 2 rings (SSSR count). The van der Waals surface area contributed by atoms with Crippen molar-refractivity contribution in [2.24, 2.45) is 0 Å². The van der Waals surface area contributed by atoms with Crippen LogP contribution < -0.4 is 9.44 Å². The number of sulfonamides is 2. The highest BCUT2D eigenvalue weighted by atomic mass is 32.2. The van der Waals surface area contributed by atoms with Crippen LogP contribution in [0.4, 0.5) is 0 Å². The minimum absolute atomic E-state index is 0.163. The van der Waals surface area contributed by atoms with Gasteiger partial charge < -0.3 is 0 Å². The average Bonchev–Trinajstić information content (AvgIpc) is 3.10. The maximum atomic E-state index is 12.6. The second-order valence-electron chi connectivity index (χ2n) is 7.98. The van der Waals surface area contributed by atoms with E-state index in [2.05, 4.69) is 29.4 Å². The zero-order chi connectivity index (χ0) is 24.3. The lowest BCUT2D eigenvalue weighted by Gasteiger charge is -2.32. The van der Waals surface area contributed by atoms with Crippen LogP contribution in [0, 0.1) is 13.8 Å². The Kier molecular flexibility index (Phi) is 8.30. The Balaban J connectivity index is 2.47. The third kappa shape index (κ3) is 5.98. The predicted octanol–water partition coefficient (Wildman–Crippen LogP) is 3.60. The van der Waals surface area contributed by atoms with Crippen LogP contribution in [0.25, 0.3) is 0 Å². The fraction of sp³-hybridized carbons (Fsp3) is 0.500. The molecule has 0 spiro atoms. The molecule has 32 heavy (non-hydrogen) atoms. The molecule has 2 N–H and O–H groups in total. The predicted molar refractivity (Wildman–Crippen MR) is 130 cm³/mol. The first-order chi connectivity index (χ1) is 14.8. The average molecular weight is 501 g/mol. The molecule has 0 aliphatic carbocycles. The Morgan fingerprint density at radius 1 is 1.00 bits per heavy atom. The van der Waals surface area contributed by atoms with Crippen molar-refractivity contribution in [2.45, 2.75) is 59.4 Å². The van der Waals surface area contributed by atoms with Gasteiger partial charge in [-0.25, -0.2) is 26.3 Å². The molecule has 0 bridgehead atoms. The van der Waals surface area contributed by atoms with Crippen LogP contribution in [0.5, 0.6) is 0 Å². The van der Waals surface area contributed by atoms with Gasteiger partial charge in [0.05, 0.1) is 16.9 Å². The van der Waals surface area contributed by atoms with Gasteiger partial charge in [-0.2, -0.15) is 0 Å². The standard InChI is InChI=1S/C22H32N2O5S3/c1-7-22(8-2,18-11-10-17(15(4)12-18)14-23-31(6,26)27)19-13-16(5)20(30-19)21(25)24-32(28,29)9-3/h10-13,23H,7-9,14H2,1-6H3,(H,24,25). The number of amides is 1. The molecule has 0 saturated heterocycles. The van der Waals surface area contributed by atoms with Gasteiger partial charge in [-0.05, 0) is 61.9 Å². The molecule has 7 nitrogen and oxygen atoms in total. The summed E-state index contributed by atoms with van der Waals surface area (Å²) in [5.41, 5.74) is 3.35. The van der Waals surface area contributed by atoms with Crippen LogP contribution in [0.2, 0.25) is 0 Å². The van der Waals surface area contributed by atoms with Crippen LogP contribution in [-0.2, 0) is 32.0 Å². The molecule has 0 aliphatic rings. The zero-order valence-corrected chi connectivity index (χ0v) is 21.9. The molecule has 0 radical (unpaired) electrons. The molecule has 178 valence electrons. The molecule has 0 unspecified atom stereocenters. The van der Waals surface area contributed by atoms with Gasteiger partial charge in [0, 0.05) is 16.8 Å². The van der Waals surface area contributed by atoms with Gasteiger partial charge >= 0.3 is 0 Å². The van der Waals surface area contributed by atoms with E-state index in [1.807, 2.05) is 32.0 Å². The summed E-state index contributed by atoms with van der Waals surface area (Å²) in [6.07, 6.45) is 2.71. The van der Waals surface area contributed by atoms with E-state index in [1.54, 1.807) is 0 Å². The fourth-order valence-electron chi connectivity index (χ4n) is 3.75. The van der Waals surface area contributed by atoms with E-state index in [1.165, 1.54) is 18.3 Å². The first-order valence-corrected chi connectivity index (χ1v) is 14.8. The van der Waals surface area contributed by atoms with E-state index in [4.69, 9.17) is 0 Å². The largest absolute Gasteiger partial charge is 0.275 e. The zero-order valence-electron chi connectivity index (χ0n) is 19.4. The van der Waals surface area contributed by atoms with Gasteiger partial charge in [-0.1, -0.05) is 32.0 Å². The molecular formula is C22H32N2O5S3. The van der Waals surface area contributed by atoms with E-state index in [9.17, 15) is 21.6 Å². The molecule has 10 heteroatoms. The lowest BCUT2D eigenvalue weighted by atomic mass is 9.74. The number of carbonyl (C=O) groups excluding carboxylic acids is 1. The number of rotatable bonds is 10. The van der Waals surface area contributed by atoms with Crippen LogP contribution in [0.3, 0.4) is 0 Å². The molecule has 1 amide bonds. The van der Waals surface area contributed by atoms with E-state index < -0.39 is 26.0 Å². The Morgan fingerprint density at radius 3 is 2.12 bits per heavy atom. The number of benzene rings is 1. The van der Waals surface area contributed by atoms with Crippen molar-refractivity contribution in [3.05, 3.63) is 56.3 Å². The van der Waals surface area contributed by atoms with E-state index >= 15 is 0 Å². The number of nitrogens with one attached hydrogen (secondary N) is 2. The molecule has 1 aromatic heterocycles. The Labute approximate surface area is 195 Å². The van der Waals surface area contributed by atoms with Gasteiger partial charge in [-0.15, -0.1) is 11.3 Å². The van der Waals surface area contributed by atoms with Crippen LogP contribution in [0.15, 0.2) is 24.3 Å². The third-order valence-corrected chi connectivity index (χ3v) is 9.22. The van der Waals surface area contributed by atoms with Gasteiger partial charge in [-0.3, -0.25) is 4.79 Å². The summed E-state index contributed by atoms with van der Waals surface area (Å²) in [5.74, 6) is -0.760. The second kappa shape index (κ2) is 10.0. The Morgan fingerprint density at radius 2 is 1.62 bits per heavy atom. The van der Waals surface area contributed by atoms with Crippen LogP contribution in [-0.4, -0.2) is 34.8 Å². The lowest BCUT2D eigenvalue weighted by Crippen LogP contribution is -2.31. The third-order valence-electron chi connectivity index (χ3n) is 5.85. The van der Waals surface area contributed by atoms with Crippen molar-refractivity contribution in [3.63, 3.8) is 0 Å². The van der Waals surface area contributed by atoms with Crippen molar-refractivity contribution in [1.29, 1.82) is 0 Å². The molecule has 0 aliphatic heterocycles. The smallest absolute Gasteiger partial charge is 0.267 e. The summed E-state index contributed by atoms with van der Waals surface area (Å²) in [6, 6.07) is 7.99. The molecule has 2 aromatic rings. The van der Waals surface area contributed by atoms with E-state index in [0.29, 0.717) is 4.88 Å². The molecule has 0 atom stereocenters. The highest BCUT2D eigenvalue weighted by Crippen LogP contribution is 2.43. The summed E-state index contributed by atoms with van der Waals surface area (Å²) < 4.78 is 51.2. The van der Waals surface area contributed by atoms with Gasteiger partial charge in [0.15, 0.2) is 0 Å².